The summed E-state index contributed by atoms with van der Waals surface area (Å²) < 4.78 is 5.30. The summed E-state index contributed by atoms with van der Waals surface area (Å²) in [6.07, 6.45) is -0.270. The van der Waals surface area contributed by atoms with Gasteiger partial charge in [0, 0.05) is 19.0 Å². The van der Waals surface area contributed by atoms with Gasteiger partial charge in [0.15, 0.2) is 0 Å². The van der Waals surface area contributed by atoms with E-state index < -0.39 is 0 Å². The third-order valence-electron chi connectivity index (χ3n) is 3.86. The third kappa shape index (κ3) is 3.09. The van der Waals surface area contributed by atoms with Gasteiger partial charge in [-0.1, -0.05) is 42.5 Å². The summed E-state index contributed by atoms with van der Waals surface area (Å²) in [5.41, 5.74) is 2.80. The number of hydrogen-bond acceptors (Lipinski definition) is 3. The molecule has 1 amide bonds. The van der Waals surface area contributed by atoms with Gasteiger partial charge in [0.2, 0.25) is 0 Å². The Balaban J connectivity index is 1.48. The first-order chi connectivity index (χ1) is 10.8. The first-order valence-electron chi connectivity index (χ1n) is 7.22. The van der Waals surface area contributed by atoms with Crippen molar-refractivity contribution < 1.29 is 9.53 Å². The Kier molecular flexibility index (Phi) is 4.06. The van der Waals surface area contributed by atoms with Crippen LogP contribution in [0, 0.1) is 11.3 Å². The quantitative estimate of drug-likeness (QED) is 0.872. The van der Waals surface area contributed by atoms with Crippen molar-refractivity contribution in [2.45, 2.75) is 12.5 Å². The standard InChI is InChI=1S/C18H16N2O2/c19-10-14-6-8-16(9-7-14)17-11-20(12-17)18(21)22-13-15-4-2-1-3-5-15/h1-9,17H,11-13H2. The average Bonchev–Trinajstić information content (AvgIpc) is 2.53. The van der Waals surface area contributed by atoms with Crippen molar-refractivity contribution in [2.75, 3.05) is 13.1 Å². The van der Waals surface area contributed by atoms with Crippen molar-refractivity contribution >= 4 is 6.09 Å². The zero-order valence-electron chi connectivity index (χ0n) is 12.1. The first-order valence-corrected chi connectivity index (χ1v) is 7.22. The molecule has 1 aliphatic rings. The molecular weight excluding hydrogens is 276 g/mol. The monoisotopic (exact) mass is 292 g/mol. The van der Waals surface area contributed by atoms with Crippen LogP contribution < -0.4 is 0 Å². The predicted molar refractivity (Wildman–Crippen MR) is 82.1 cm³/mol. The molecule has 1 aliphatic heterocycles. The van der Waals surface area contributed by atoms with E-state index in [0.29, 0.717) is 31.2 Å². The van der Waals surface area contributed by atoms with Crippen LogP contribution in [0.4, 0.5) is 4.79 Å². The van der Waals surface area contributed by atoms with E-state index in [4.69, 9.17) is 10.00 Å². The number of carbonyl (C=O) groups is 1. The van der Waals surface area contributed by atoms with Gasteiger partial charge in [0.05, 0.1) is 11.6 Å². The molecule has 3 rings (SSSR count). The molecular formula is C18H16N2O2. The summed E-state index contributed by atoms with van der Waals surface area (Å²) in [6, 6.07) is 19.3. The van der Waals surface area contributed by atoms with Crippen LogP contribution in [0.5, 0.6) is 0 Å². The van der Waals surface area contributed by atoms with Crippen LogP contribution in [0.1, 0.15) is 22.6 Å². The first kappa shape index (κ1) is 14.2. The van der Waals surface area contributed by atoms with E-state index in [1.807, 2.05) is 54.6 Å². The Morgan fingerprint density at radius 1 is 1.14 bits per heavy atom. The van der Waals surface area contributed by atoms with Gasteiger partial charge in [-0.05, 0) is 23.3 Å². The summed E-state index contributed by atoms with van der Waals surface area (Å²) in [6.45, 7) is 1.64. The van der Waals surface area contributed by atoms with Crippen LogP contribution in [0.15, 0.2) is 54.6 Å². The molecule has 2 aromatic carbocycles. The number of benzene rings is 2. The lowest BCUT2D eigenvalue weighted by molar-refractivity contribution is 0.0664. The molecule has 0 N–H and O–H groups in total. The molecule has 1 saturated heterocycles. The maximum atomic E-state index is 11.9. The van der Waals surface area contributed by atoms with Gasteiger partial charge >= 0.3 is 6.09 Å². The lowest BCUT2D eigenvalue weighted by Crippen LogP contribution is -2.48. The number of hydrogen-bond donors (Lipinski definition) is 0. The second kappa shape index (κ2) is 6.31. The summed E-state index contributed by atoms with van der Waals surface area (Å²) in [5.74, 6) is 0.331. The van der Waals surface area contributed by atoms with Gasteiger partial charge < -0.3 is 9.64 Å². The molecule has 4 nitrogen and oxygen atoms in total. The van der Waals surface area contributed by atoms with E-state index in [9.17, 15) is 4.79 Å². The van der Waals surface area contributed by atoms with Gasteiger partial charge in [-0.25, -0.2) is 4.79 Å². The zero-order chi connectivity index (χ0) is 15.4. The Hall–Kier alpha value is -2.80. The molecule has 1 heterocycles. The molecule has 0 saturated carbocycles. The number of nitriles is 1. The minimum Gasteiger partial charge on any atom is -0.445 e. The van der Waals surface area contributed by atoms with Gasteiger partial charge in [-0.2, -0.15) is 5.26 Å². The zero-order valence-corrected chi connectivity index (χ0v) is 12.1. The van der Waals surface area contributed by atoms with E-state index >= 15 is 0 Å². The highest BCUT2D eigenvalue weighted by atomic mass is 16.6. The highest BCUT2D eigenvalue weighted by Gasteiger charge is 2.32. The Morgan fingerprint density at radius 3 is 2.45 bits per heavy atom. The molecule has 0 aromatic heterocycles. The lowest BCUT2D eigenvalue weighted by atomic mass is 9.91. The number of likely N-dealkylation sites (tertiary alicyclic amines) is 1. The summed E-state index contributed by atoms with van der Waals surface area (Å²) >= 11 is 0. The van der Waals surface area contributed by atoms with Crippen molar-refractivity contribution in [3.05, 3.63) is 71.3 Å². The smallest absolute Gasteiger partial charge is 0.410 e. The van der Waals surface area contributed by atoms with Gasteiger partial charge in [-0.15, -0.1) is 0 Å². The second-order valence-electron chi connectivity index (χ2n) is 5.38. The normalized spacial score (nSPS) is 14.0. The molecule has 22 heavy (non-hydrogen) atoms. The van der Waals surface area contributed by atoms with E-state index in [-0.39, 0.29) is 6.09 Å². The van der Waals surface area contributed by atoms with Crippen LogP contribution in [0.25, 0.3) is 0 Å². The van der Waals surface area contributed by atoms with Gasteiger partial charge in [-0.3, -0.25) is 0 Å². The average molecular weight is 292 g/mol. The van der Waals surface area contributed by atoms with E-state index in [1.165, 1.54) is 0 Å². The van der Waals surface area contributed by atoms with Gasteiger partial charge in [0.25, 0.3) is 0 Å². The molecule has 0 radical (unpaired) electrons. The maximum Gasteiger partial charge on any atom is 0.410 e. The fourth-order valence-corrected chi connectivity index (χ4v) is 2.48. The van der Waals surface area contributed by atoms with Gasteiger partial charge in [0.1, 0.15) is 6.61 Å². The maximum absolute atomic E-state index is 11.9. The lowest BCUT2D eigenvalue weighted by Gasteiger charge is -2.38. The highest BCUT2D eigenvalue weighted by Crippen LogP contribution is 2.27. The molecule has 4 heteroatoms. The largest absolute Gasteiger partial charge is 0.445 e. The van der Waals surface area contributed by atoms with E-state index in [1.54, 1.807) is 4.90 Å². The molecule has 110 valence electrons. The van der Waals surface area contributed by atoms with Crippen LogP contribution in [-0.4, -0.2) is 24.1 Å². The van der Waals surface area contributed by atoms with Crippen molar-refractivity contribution in [3.8, 4) is 6.07 Å². The molecule has 0 unspecified atom stereocenters. The van der Waals surface area contributed by atoms with Crippen molar-refractivity contribution in [2.24, 2.45) is 0 Å². The SMILES string of the molecule is N#Cc1ccc(C2CN(C(=O)OCc3ccccc3)C2)cc1. The second-order valence-corrected chi connectivity index (χ2v) is 5.38. The van der Waals surface area contributed by atoms with E-state index in [2.05, 4.69) is 6.07 Å². The molecule has 1 fully saturated rings. The van der Waals surface area contributed by atoms with Crippen LogP contribution in [0.2, 0.25) is 0 Å². The summed E-state index contributed by atoms with van der Waals surface area (Å²) in [5, 5.41) is 8.79. The topological polar surface area (TPSA) is 53.3 Å². The highest BCUT2D eigenvalue weighted by molar-refractivity contribution is 5.69. The molecule has 0 bridgehead atoms. The van der Waals surface area contributed by atoms with Crippen LogP contribution in [-0.2, 0) is 11.3 Å². The van der Waals surface area contributed by atoms with Crippen LogP contribution >= 0.6 is 0 Å². The Labute approximate surface area is 129 Å². The van der Waals surface area contributed by atoms with E-state index in [0.717, 1.165) is 11.1 Å². The van der Waals surface area contributed by atoms with Crippen molar-refractivity contribution in [1.29, 1.82) is 5.26 Å². The number of nitrogens with zero attached hydrogens (tertiary/aromatic N) is 2. The van der Waals surface area contributed by atoms with Crippen molar-refractivity contribution in [3.63, 3.8) is 0 Å². The fraction of sp³-hybridized carbons (Fsp3) is 0.222. The van der Waals surface area contributed by atoms with Crippen LogP contribution in [0.3, 0.4) is 0 Å². The third-order valence-corrected chi connectivity index (χ3v) is 3.86. The molecule has 2 aromatic rings. The number of carbonyl (C=O) groups excluding carboxylic acids is 1. The minimum atomic E-state index is -0.270. The minimum absolute atomic E-state index is 0.270. The fourth-order valence-electron chi connectivity index (χ4n) is 2.48. The number of rotatable bonds is 3. The summed E-state index contributed by atoms with van der Waals surface area (Å²) in [7, 11) is 0. The molecule has 0 atom stereocenters. The predicted octanol–water partition coefficient (Wildman–Crippen LogP) is 3.29. The summed E-state index contributed by atoms with van der Waals surface area (Å²) in [4.78, 5) is 13.6. The molecule has 0 aliphatic carbocycles. The number of amides is 1. The Morgan fingerprint density at radius 2 is 1.82 bits per heavy atom. The molecule has 0 spiro atoms. The Bertz CT molecular complexity index is 683. The number of ether oxygens (including phenoxy) is 1. The van der Waals surface area contributed by atoms with Crippen molar-refractivity contribution in [1.82, 2.24) is 4.90 Å².